The van der Waals surface area contributed by atoms with E-state index >= 15 is 0 Å². The number of hydrogen-bond donors (Lipinski definition) is 1. The molecule has 0 saturated heterocycles. The van der Waals surface area contributed by atoms with E-state index in [1.807, 2.05) is 42.7 Å². The fraction of sp³-hybridized carbons (Fsp3) is 0.188. The maximum atomic E-state index is 11.7. The molecule has 0 unspecified atom stereocenters. The van der Waals surface area contributed by atoms with E-state index in [9.17, 15) is 4.79 Å². The maximum Gasteiger partial charge on any atom is 0.234 e. The SMILES string of the molecule is CSCC(=O)Nc1ccccc1Cc1ccccc1. The van der Waals surface area contributed by atoms with Gasteiger partial charge in [-0.15, -0.1) is 0 Å². The number of para-hydroxylation sites is 1. The standard InChI is InChI=1S/C16H17NOS/c1-19-12-16(18)17-15-10-6-5-9-14(15)11-13-7-3-2-4-8-13/h2-10H,11-12H2,1H3,(H,17,18). The number of amides is 1. The zero-order valence-corrected chi connectivity index (χ0v) is 11.7. The van der Waals surface area contributed by atoms with Crippen LogP contribution in [0.5, 0.6) is 0 Å². The third-order valence-electron chi connectivity index (χ3n) is 2.80. The number of nitrogens with one attached hydrogen (secondary N) is 1. The molecule has 0 bridgehead atoms. The van der Waals surface area contributed by atoms with E-state index in [1.165, 1.54) is 17.3 Å². The van der Waals surface area contributed by atoms with Crippen molar-refractivity contribution in [2.45, 2.75) is 6.42 Å². The monoisotopic (exact) mass is 271 g/mol. The topological polar surface area (TPSA) is 29.1 Å². The Labute approximate surface area is 118 Å². The van der Waals surface area contributed by atoms with Gasteiger partial charge in [-0.1, -0.05) is 48.5 Å². The first-order chi connectivity index (χ1) is 9.29. The third-order valence-corrected chi connectivity index (χ3v) is 3.36. The Kier molecular flexibility index (Phi) is 5.04. The molecule has 0 radical (unpaired) electrons. The van der Waals surface area contributed by atoms with E-state index in [0.29, 0.717) is 5.75 Å². The van der Waals surface area contributed by atoms with Crippen molar-refractivity contribution in [3.05, 3.63) is 65.7 Å². The van der Waals surface area contributed by atoms with Crippen molar-refractivity contribution in [2.75, 3.05) is 17.3 Å². The molecule has 19 heavy (non-hydrogen) atoms. The molecule has 0 spiro atoms. The first-order valence-corrected chi connectivity index (χ1v) is 7.59. The smallest absolute Gasteiger partial charge is 0.234 e. The Morgan fingerprint density at radius 3 is 2.47 bits per heavy atom. The van der Waals surface area contributed by atoms with Crippen LogP contribution in [0.15, 0.2) is 54.6 Å². The number of thioether (sulfide) groups is 1. The Hall–Kier alpha value is -1.74. The molecule has 0 aliphatic rings. The summed E-state index contributed by atoms with van der Waals surface area (Å²) in [7, 11) is 0. The van der Waals surface area contributed by atoms with Crippen molar-refractivity contribution in [1.82, 2.24) is 0 Å². The first kappa shape index (κ1) is 13.7. The van der Waals surface area contributed by atoms with Crippen LogP contribution in [0.2, 0.25) is 0 Å². The fourth-order valence-corrected chi connectivity index (χ4v) is 2.26. The van der Waals surface area contributed by atoms with Crippen LogP contribution >= 0.6 is 11.8 Å². The van der Waals surface area contributed by atoms with Gasteiger partial charge < -0.3 is 5.32 Å². The van der Waals surface area contributed by atoms with E-state index in [2.05, 4.69) is 23.5 Å². The van der Waals surface area contributed by atoms with Crippen LogP contribution in [0, 0.1) is 0 Å². The molecule has 2 rings (SSSR count). The molecular weight excluding hydrogens is 254 g/mol. The Bertz CT molecular complexity index is 539. The number of anilines is 1. The van der Waals surface area contributed by atoms with Gasteiger partial charge in [0.05, 0.1) is 5.75 Å². The number of carbonyl (C=O) groups is 1. The van der Waals surface area contributed by atoms with Crippen molar-refractivity contribution >= 4 is 23.4 Å². The number of hydrogen-bond acceptors (Lipinski definition) is 2. The summed E-state index contributed by atoms with van der Waals surface area (Å²) < 4.78 is 0. The molecule has 1 amide bonds. The van der Waals surface area contributed by atoms with Crippen molar-refractivity contribution in [1.29, 1.82) is 0 Å². The lowest BCUT2D eigenvalue weighted by Gasteiger charge is -2.10. The second kappa shape index (κ2) is 7.00. The van der Waals surface area contributed by atoms with Crippen LogP contribution in [-0.2, 0) is 11.2 Å². The normalized spacial score (nSPS) is 10.2. The Balaban J connectivity index is 2.14. The van der Waals surface area contributed by atoms with E-state index in [1.54, 1.807) is 0 Å². The molecule has 0 atom stereocenters. The van der Waals surface area contributed by atoms with E-state index in [4.69, 9.17) is 0 Å². The second-order valence-electron chi connectivity index (χ2n) is 4.30. The molecule has 2 nitrogen and oxygen atoms in total. The summed E-state index contributed by atoms with van der Waals surface area (Å²) in [6, 6.07) is 18.2. The highest BCUT2D eigenvalue weighted by Crippen LogP contribution is 2.19. The van der Waals surface area contributed by atoms with Crippen molar-refractivity contribution in [2.24, 2.45) is 0 Å². The predicted molar refractivity (Wildman–Crippen MR) is 82.7 cm³/mol. The Morgan fingerprint density at radius 2 is 1.74 bits per heavy atom. The van der Waals surface area contributed by atoms with Crippen molar-refractivity contribution < 1.29 is 4.79 Å². The minimum atomic E-state index is 0.0491. The number of carbonyl (C=O) groups excluding carboxylic acids is 1. The summed E-state index contributed by atoms with van der Waals surface area (Å²) in [6.07, 6.45) is 2.76. The van der Waals surface area contributed by atoms with Gasteiger partial charge in [0.2, 0.25) is 5.91 Å². The molecule has 2 aromatic carbocycles. The van der Waals surface area contributed by atoms with Crippen molar-refractivity contribution in [3.63, 3.8) is 0 Å². The first-order valence-electron chi connectivity index (χ1n) is 6.20. The van der Waals surface area contributed by atoms with E-state index < -0.39 is 0 Å². The zero-order valence-electron chi connectivity index (χ0n) is 10.9. The molecule has 0 fully saturated rings. The third kappa shape index (κ3) is 4.14. The van der Waals surface area contributed by atoms with Crippen LogP contribution in [0.3, 0.4) is 0 Å². The van der Waals surface area contributed by atoms with Gasteiger partial charge in [-0.3, -0.25) is 4.79 Å². The summed E-state index contributed by atoms with van der Waals surface area (Å²) in [6.45, 7) is 0. The summed E-state index contributed by atoms with van der Waals surface area (Å²) in [5.41, 5.74) is 3.29. The van der Waals surface area contributed by atoms with Gasteiger partial charge in [-0.25, -0.2) is 0 Å². The molecule has 0 saturated carbocycles. The largest absolute Gasteiger partial charge is 0.325 e. The van der Waals surface area contributed by atoms with Gasteiger partial charge >= 0.3 is 0 Å². The highest BCUT2D eigenvalue weighted by molar-refractivity contribution is 7.99. The van der Waals surface area contributed by atoms with Gasteiger partial charge in [-0.2, -0.15) is 11.8 Å². The summed E-state index contributed by atoms with van der Waals surface area (Å²) in [5.74, 6) is 0.535. The average Bonchev–Trinajstić information content (AvgIpc) is 2.42. The van der Waals surface area contributed by atoms with Gasteiger partial charge in [0.1, 0.15) is 0 Å². The molecule has 98 valence electrons. The molecular formula is C16H17NOS. The lowest BCUT2D eigenvalue weighted by Crippen LogP contribution is -2.15. The summed E-state index contributed by atoms with van der Waals surface area (Å²) in [5, 5.41) is 2.97. The predicted octanol–water partition coefficient (Wildman–Crippen LogP) is 3.58. The summed E-state index contributed by atoms with van der Waals surface area (Å²) >= 11 is 1.53. The minimum absolute atomic E-state index is 0.0491. The van der Waals surface area contributed by atoms with Crippen LogP contribution < -0.4 is 5.32 Å². The molecule has 0 aromatic heterocycles. The fourth-order valence-electron chi connectivity index (χ4n) is 1.93. The number of benzene rings is 2. The van der Waals surface area contributed by atoms with Crippen LogP contribution in [0.1, 0.15) is 11.1 Å². The van der Waals surface area contributed by atoms with Gasteiger partial charge in [-0.05, 0) is 29.9 Å². The molecule has 3 heteroatoms. The van der Waals surface area contributed by atoms with Crippen LogP contribution in [-0.4, -0.2) is 17.9 Å². The highest BCUT2D eigenvalue weighted by Gasteiger charge is 2.06. The van der Waals surface area contributed by atoms with E-state index in [0.717, 1.165) is 17.7 Å². The maximum absolute atomic E-state index is 11.7. The lowest BCUT2D eigenvalue weighted by atomic mass is 10.0. The molecule has 0 heterocycles. The molecule has 0 aliphatic carbocycles. The van der Waals surface area contributed by atoms with E-state index in [-0.39, 0.29) is 5.91 Å². The lowest BCUT2D eigenvalue weighted by molar-refractivity contribution is -0.113. The second-order valence-corrected chi connectivity index (χ2v) is 5.17. The molecule has 0 aliphatic heterocycles. The van der Waals surface area contributed by atoms with Gasteiger partial charge in [0.25, 0.3) is 0 Å². The summed E-state index contributed by atoms with van der Waals surface area (Å²) in [4.78, 5) is 11.7. The zero-order chi connectivity index (χ0) is 13.5. The van der Waals surface area contributed by atoms with Crippen LogP contribution in [0.4, 0.5) is 5.69 Å². The van der Waals surface area contributed by atoms with Gasteiger partial charge in [0, 0.05) is 5.69 Å². The highest BCUT2D eigenvalue weighted by atomic mass is 32.2. The Morgan fingerprint density at radius 1 is 1.05 bits per heavy atom. The number of rotatable bonds is 5. The average molecular weight is 271 g/mol. The quantitative estimate of drug-likeness (QED) is 0.900. The van der Waals surface area contributed by atoms with Crippen LogP contribution in [0.25, 0.3) is 0 Å². The van der Waals surface area contributed by atoms with Crippen molar-refractivity contribution in [3.8, 4) is 0 Å². The molecule has 1 N–H and O–H groups in total. The molecule has 2 aromatic rings. The van der Waals surface area contributed by atoms with Gasteiger partial charge in [0.15, 0.2) is 0 Å². The minimum Gasteiger partial charge on any atom is -0.325 e.